The second kappa shape index (κ2) is 4.56. The normalized spacial score (nSPS) is 19.0. The molecule has 0 bridgehead atoms. The zero-order chi connectivity index (χ0) is 10.7. The van der Waals surface area contributed by atoms with Gasteiger partial charge in [0.25, 0.3) is 0 Å². The molecule has 0 saturated heterocycles. The third-order valence-corrected chi connectivity index (χ3v) is 3.39. The van der Waals surface area contributed by atoms with E-state index in [0.29, 0.717) is 6.04 Å². The first-order chi connectivity index (χ1) is 7.25. The molecule has 1 aliphatic carbocycles. The Bertz CT molecular complexity index is 316. The summed E-state index contributed by atoms with van der Waals surface area (Å²) in [6.07, 6.45) is 5.54. The summed E-state index contributed by atoms with van der Waals surface area (Å²) in [5.74, 6) is 0.839. The summed E-state index contributed by atoms with van der Waals surface area (Å²) < 4.78 is 0. The van der Waals surface area contributed by atoms with Gasteiger partial charge in [-0.25, -0.2) is 0 Å². The second-order valence-corrected chi connectivity index (χ2v) is 4.60. The molecule has 15 heavy (non-hydrogen) atoms. The summed E-state index contributed by atoms with van der Waals surface area (Å²) in [6.45, 7) is 2.28. The molecule has 1 saturated carbocycles. The van der Waals surface area contributed by atoms with Gasteiger partial charge in [-0.1, -0.05) is 18.9 Å². The molecule has 1 atom stereocenters. The largest absolute Gasteiger partial charge is 0.399 e. The number of hydrogen-bond acceptors (Lipinski definition) is 2. The van der Waals surface area contributed by atoms with E-state index in [4.69, 9.17) is 5.73 Å². The minimum absolute atomic E-state index is 0.564. The molecule has 1 aromatic rings. The van der Waals surface area contributed by atoms with Crippen LogP contribution in [0.15, 0.2) is 24.3 Å². The van der Waals surface area contributed by atoms with Crippen LogP contribution in [0.1, 0.15) is 32.6 Å². The Morgan fingerprint density at radius 3 is 2.73 bits per heavy atom. The molecular formula is C13H20N2. The van der Waals surface area contributed by atoms with Crippen LogP contribution in [0.3, 0.4) is 0 Å². The van der Waals surface area contributed by atoms with E-state index in [1.54, 1.807) is 0 Å². The monoisotopic (exact) mass is 204 g/mol. The Morgan fingerprint density at radius 2 is 2.07 bits per heavy atom. The molecule has 1 fully saturated rings. The Kier molecular flexibility index (Phi) is 3.14. The molecule has 1 unspecified atom stereocenters. The van der Waals surface area contributed by atoms with Gasteiger partial charge in [0.2, 0.25) is 0 Å². The van der Waals surface area contributed by atoms with Crippen LogP contribution >= 0.6 is 0 Å². The van der Waals surface area contributed by atoms with Crippen molar-refractivity contribution in [2.24, 2.45) is 5.92 Å². The first-order valence-corrected chi connectivity index (χ1v) is 5.88. The quantitative estimate of drug-likeness (QED) is 0.742. The minimum Gasteiger partial charge on any atom is -0.399 e. The van der Waals surface area contributed by atoms with Crippen molar-refractivity contribution in [3.63, 3.8) is 0 Å². The highest BCUT2D eigenvalue weighted by Crippen LogP contribution is 2.29. The van der Waals surface area contributed by atoms with E-state index < -0.39 is 0 Å². The average Bonchev–Trinajstić information content (AvgIpc) is 2.70. The van der Waals surface area contributed by atoms with Gasteiger partial charge >= 0.3 is 0 Å². The van der Waals surface area contributed by atoms with E-state index in [0.717, 1.165) is 17.3 Å². The smallest absolute Gasteiger partial charge is 0.0362 e. The van der Waals surface area contributed by atoms with Crippen molar-refractivity contribution < 1.29 is 0 Å². The van der Waals surface area contributed by atoms with Crippen LogP contribution in [0, 0.1) is 5.92 Å². The van der Waals surface area contributed by atoms with Crippen molar-refractivity contribution >= 4 is 11.4 Å². The zero-order valence-corrected chi connectivity index (χ0v) is 9.37. The van der Waals surface area contributed by atoms with E-state index in [1.165, 1.54) is 25.7 Å². The molecule has 0 aromatic heterocycles. The summed E-state index contributed by atoms with van der Waals surface area (Å²) in [6, 6.07) is 8.58. The summed E-state index contributed by atoms with van der Waals surface area (Å²) in [4.78, 5) is 0. The van der Waals surface area contributed by atoms with Gasteiger partial charge in [0.05, 0.1) is 0 Å². The van der Waals surface area contributed by atoms with E-state index in [1.807, 2.05) is 18.2 Å². The topological polar surface area (TPSA) is 38.0 Å². The highest BCUT2D eigenvalue weighted by atomic mass is 14.9. The lowest BCUT2D eigenvalue weighted by Gasteiger charge is -2.21. The number of nitrogens with two attached hydrogens (primary N) is 1. The van der Waals surface area contributed by atoms with Crippen LogP contribution in [-0.4, -0.2) is 6.04 Å². The van der Waals surface area contributed by atoms with Crippen molar-refractivity contribution in [2.75, 3.05) is 11.1 Å². The Hall–Kier alpha value is -1.18. The number of anilines is 2. The molecule has 82 valence electrons. The molecule has 0 heterocycles. The average molecular weight is 204 g/mol. The van der Waals surface area contributed by atoms with Crippen LogP contribution < -0.4 is 11.1 Å². The van der Waals surface area contributed by atoms with Gasteiger partial charge in [0.15, 0.2) is 0 Å². The van der Waals surface area contributed by atoms with Crippen LogP contribution in [0.2, 0.25) is 0 Å². The minimum atomic E-state index is 0.564. The number of benzene rings is 1. The van der Waals surface area contributed by atoms with Gasteiger partial charge in [-0.05, 0) is 43.9 Å². The number of nitrogen functional groups attached to an aromatic ring is 1. The fourth-order valence-electron chi connectivity index (χ4n) is 2.47. The van der Waals surface area contributed by atoms with Crippen molar-refractivity contribution in [2.45, 2.75) is 38.6 Å². The Morgan fingerprint density at radius 1 is 1.33 bits per heavy atom. The maximum atomic E-state index is 5.75. The van der Waals surface area contributed by atoms with E-state index in [-0.39, 0.29) is 0 Å². The summed E-state index contributed by atoms with van der Waals surface area (Å²) in [5, 5.41) is 3.54. The van der Waals surface area contributed by atoms with Crippen molar-refractivity contribution in [3.8, 4) is 0 Å². The van der Waals surface area contributed by atoms with Crippen LogP contribution in [0.4, 0.5) is 11.4 Å². The van der Waals surface area contributed by atoms with Crippen molar-refractivity contribution in [1.29, 1.82) is 0 Å². The van der Waals surface area contributed by atoms with Gasteiger partial charge in [-0.2, -0.15) is 0 Å². The zero-order valence-electron chi connectivity index (χ0n) is 9.37. The predicted molar refractivity (Wildman–Crippen MR) is 65.9 cm³/mol. The molecule has 1 aliphatic rings. The third-order valence-electron chi connectivity index (χ3n) is 3.39. The molecule has 3 N–H and O–H groups in total. The SMILES string of the molecule is CC(Nc1cccc(N)c1)C1CCCC1. The van der Waals surface area contributed by atoms with E-state index in [2.05, 4.69) is 18.3 Å². The first-order valence-electron chi connectivity index (χ1n) is 5.88. The molecule has 0 radical (unpaired) electrons. The fourth-order valence-corrected chi connectivity index (χ4v) is 2.47. The first kappa shape index (κ1) is 10.3. The summed E-state index contributed by atoms with van der Waals surface area (Å²) in [7, 11) is 0. The highest BCUT2D eigenvalue weighted by Gasteiger charge is 2.21. The van der Waals surface area contributed by atoms with Gasteiger partial charge in [-0.3, -0.25) is 0 Å². The molecule has 1 aromatic carbocycles. The van der Waals surface area contributed by atoms with E-state index >= 15 is 0 Å². The van der Waals surface area contributed by atoms with Crippen LogP contribution in [0.25, 0.3) is 0 Å². The molecule has 2 heteroatoms. The highest BCUT2D eigenvalue weighted by molar-refractivity contribution is 5.54. The Balaban J connectivity index is 1.95. The van der Waals surface area contributed by atoms with Crippen LogP contribution in [0.5, 0.6) is 0 Å². The van der Waals surface area contributed by atoms with Gasteiger partial charge in [0, 0.05) is 17.4 Å². The lowest BCUT2D eigenvalue weighted by Crippen LogP contribution is -2.23. The Labute approximate surface area is 91.9 Å². The fraction of sp³-hybridized carbons (Fsp3) is 0.538. The maximum Gasteiger partial charge on any atom is 0.0362 e. The molecule has 0 spiro atoms. The lowest BCUT2D eigenvalue weighted by molar-refractivity contribution is 0.482. The number of nitrogens with one attached hydrogen (secondary N) is 1. The second-order valence-electron chi connectivity index (χ2n) is 4.60. The number of hydrogen-bond donors (Lipinski definition) is 2. The number of rotatable bonds is 3. The van der Waals surface area contributed by atoms with Gasteiger partial charge < -0.3 is 11.1 Å². The molecule has 0 amide bonds. The lowest BCUT2D eigenvalue weighted by atomic mass is 9.99. The van der Waals surface area contributed by atoms with E-state index in [9.17, 15) is 0 Å². The summed E-state index contributed by atoms with van der Waals surface area (Å²) in [5.41, 5.74) is 7.73. The predicted octanol–water partition coefficient (Wildman–Crippen LogP) is 3.26. The molecular weight excluding hydrogens is 184 g/mol. The molecule has 2 nitrogen and oxygen atoms in total. The van der Waals surface area contributed by atoms with Gasteiger partial charge in [0.1, 0.15) is 0 Å². The molecule has 0 aliphatic heterocycles. The standard InChI is InChI=1S/C13H20N2/c1-10(11-5-2-3-6-11)15-13-8-4-7-12(14)9-13/h4,7-11,15H,2-3,5-6,14H2,1H3. The van der Waals surface area contributed by atoms with Gasteiger partial charge in [-0.15, -0.1) is 0 Å². The third kappa shape index (κ3) is 2.65. The van der Waals surface area contributed by atoms with Crippen LogP contribution in [-0.2, 0) is 0 Å². The maximum absolute atomic E-state index is 5.75. The van der Waals surface area contributed by atoms with Crippen molar-refractivity contribution in [3.05, 3.63) is 24.3 Å². The van der Waals surface area contributed by atoms with Crippen molar-refractivity contribution in [1.82, 2.24) is 0 Å². The molecule has 2 rings (SSSR count). The summed E-state index contributed by atoms with van der Waals surface area (Å²) >= 11 is 0.